The van der Waals surface area contributed by atoms with Gasteiger partial charge in [0.15, 0.2) is 0 Å². The molecule has 0 aromatic heterocycles. The van der Waals surface area contributed by atoms with Crippen LogP contribution in [0.1, 0.15) is 25.0 Å². The van der Waals surface area contributed by atoms with Crippen molar-refractivity contribution < 1.29 is 0 Å². The van der Waals surface area contributed by atoms with Crippen LogP contribution in [0.2, 0.25) is 0 Å². The predicted molar refractivity (Wildman–Crippen MR) is 55.2 cm³/mol. The molecule has 1 rings (SSSR count). The molecular formula is C11H12BN. The second kappa shape index (κ2) is 3.26. The van der Waals surface area contributed by atoms with Gasteiger partial charge in [-0.05, 0) is 26.3 Å². The zero-order valence-corrected chi connectivity index (χ0v) is 8.26. The van der Waals surface area contributed by atoms with Crippen LogP contribution in [-0.4, -0.2) is 7.85 Å². The fourth-order valence-corrected chi connectivity index (χ4v) is 1.24. The van der Waals surface area contributed by atoms with Gasteiger partial charge in [0.1, 0.15) is 7.85 Å². The highest BCUT2D eigenvalue weighted by Gasteiger charge is 2.19. The fourth-order valence-electron chi connectivity index (χ4n) is 1.24. The molecule has 0 aliphatic carbocycles. The maximum absolute atomic E-state index is 8.94. The number of benzene rings is 1. The van der Waals surface area contributed by atoms with Gasteiger partial charge >= 0.3 is 0 Å². The van der Waals surface area contributed by atoms with Crippen molar-refractivity contribution in [2.45, 2.75) is 26.2 Å². The Balaban J connectivity index is 3.25. The first kappa shape index (κ1) is 9.86. The molecule has 0 amide bonds. The third-order valence-corrected chi connectivity index (χ3v) is 2.10. The molecule has 0 bridgehead atoms. The van der Waals surface area contributed by atoms with E-state index in [1.54, 1.807) is 0 Å². The van der Waals surface area contributed by atoms with Crippen molar-refractivity contribution in [3.8, 4) is 6.07 Å². The molecule has 1 aromatic carbocycles. The monoisotopic (exact) mass is 169 g/mol. The Morgan fingerprint density at radius 2 is 1.92 bits per heavy atom. The fraction of sp³-hybridized carbons (Fsp3) is 0.364. The molecule has 0 unspecified atom stereocenters. The Morgan fingerprint density at radius 3 is 2.38 bits per heavy atom. The molecule has 64 valence electrons. The Labute approximate surface area is 80.8 Å². The summed E-state index contributed by atoms with van der Waals surface area (Å²) >= 11 is 0. The van der Waals surface area contributed by atoms with E-state index in [0.29, 0.717) is 0 Å². The van der Waals surface area contributed by atoms with Gasteiger partial charge in [-0.25, -0.2) is 0 Å². The Morgan fingerprint density at radius 1 is 1.31 bits per heavy atom. The Bertz CT molecular complexity index is 341. The lowest BCUT2D eigenvalue weighted by Gasteiger charge is -2.17. The molecule has 0 atom stereocenters. The maximum atomic E-state index is 8.94. The largest absolute Gasteiger partial charge is 0.197 e. The number of hydrogen-bond acceptors (Lipinski definition) is 1. The SMILES string of the molecule is [B]c1cc(C)cc(C(C)(C)C#N)c1. The van der Waals surface area contributed by atoms with Crippen LogP contribution >= 0.6 is 0 Å². The molecule has 0 fully saturated rings. The highest BCUT2D eigenvalue weighted by Crippen LogP contribution is 2.21. The molecule has 0 N–H and O–H groups in total. The minimum Gasteiger partial charge on any atom is -0.197 e. The summed E-state index contributed by atoms with van der Waals surface area (Å²) in [5.41, 5.74) is 2.34. The number of rotatable bonds is 1. The van der Waals surface area contributed by atoms with Crippen LogP contribution in [0.15, 0.2) is 18.2 Å². The molecule has 1 nitrogen and oxygen atoms in total. The molecule has 0 spiro atoms. The molecule has 0 aliphatic rings. The van der Waals surface area contributed by atoms with Crippen molar-refractivity contribution in [1.29, 1.82) is 5.26 Å². The van der Waals surface area contributed by atoms with Crippen molar-refractivity contribution >= 4 is 13.3 Å². The van der Waals surface area contributed by atoms with Crippen LogP contribution < -0.4 is 5.46 Å². The quantitative estimate of drug-likeness (QED) is 0.585. The smallest absolute Gasteiger partial charge is 0.113 e. The van der Waals surface area contributed by atoms with Gasteiger partial charge in [-0.1, -0.05) is 29.2 Å². The average Bonchev–Trinajstić information content (AvgIpc) is 2.02. The van der Waals surface area contributed by atoms with Crippen LogP contribution in [0.4, 0.5) is 0 Å². The molecule has 0 aliphatic heterocycles. The van der Waals surface area contributed by atoms with Crippen LogP contribution in [-0.2, 0) is 5.41 Å². The normalized spacial score (nSPS) is 10.9. The second-order valence-corrected chi connectivity index (χ2v) is 3.87. The Kier molecular flexibility index (Phi) is 2.47. The van der Waals surface area contributed by atoms with Crippen LogP contribution in [0.3, 0.4) is 0 Å². The van der Waals surface area contributed by atoms with Gasteiger partial charge in [0.25, 0.3) is 0 Å². The van der Waals surface area contributed by atoms with Gasteiger partial charge in [0.2, 0.25) is 0 Å². The van der Waals surface area contributed by atoms with E-state index >= 15 is 0 Å². The average molecular weight is 169 g/mol. The molecule has 13 heavy (non-hydrogen) atoms. The first-order chi connectivity index (χ1) is 5.95. The zero-order chi connectivity index (χ0) is 10.1. The van der Waals surface area contributed by atoms with Gasteiger partial charge in [-0.15, -0.1) is 0 Å². The summed E-state index contributed by atoms with van der Waals surface area (Å²) in [6, 6.07) is 8.01. The third kappa shape index (κ3) is 2.12. The maximum Gasteiger partial charge on any atom is 0.113 e. The zero-order valence-electron chi connectivity index (χ0n) is 8.26. The topological polar surface area (TPSA) is 23.8 Å². The predicted octanol–water partition coefficient (Wildman–Crippen LogP) is 1.59. The van der Waals surface area contributed by atoms with Crippen molar-refractivity contribution in [1.82, 2.24) is 0 Å². The second-order valence-electron chi connectivity index (χ2n) is 3.87. The highest BCUT2D eigenvalue weighted by atomic mass is 14.3. The van der Waals surface area contributed by atoms with Crippen molar-refractivity contribution in [3.05, 3.63) is 29.3 Å². The van der Waals surface area contributed by atoms with Gasteiger partial charge < -0.3 is 0 Å². The minimum absolute atomic E-state index is 0.458. The van der Waals surface area contributed by atoms with E-state index in [2.05, 4.69) is 6.07 Å². The van der Waals surface area contributed by atoms with Crippen molar-refractivity contribution in [3.63, 3.8) is 0 Å². The summed E-state index contributed by atoms with van der Waals surface area (Å²) in [5.74, 6) is 0. The van der Waals surface area contributed by atoms with E-state index < -0.39 is 5.41 Å². The van der Waals surface area contributed by atoms with Crippen molar-refractivity contribution in [2.24, 2.45) is 0 Å². The van der Waals surface area contributed by atoms with Gasteiger partial charge in [0.05, 0.1) is 11.5 Å². The first-order valence-electron chi connectivity index (χ1n) is 4.24. The van der Waals surface area contributed by atoms with Gasteiger partial charge in [0, 0.05) is 0 Å². The first-order valence-corrected chi connectivity index (χ1v) is 4.24. The summed E-state index contributed by atoms with van der Waals surface area (Å²) < 4.78 is 0. The molecule has 0 heterocycles. The third-order valence-electron chi connectivity index (χ3n) is 2.10. The van der Waals surface area contributed by atoms with Gasteiger partial charge in [-0.2, -0.15) is 5.26 Å². The number of nitrogens with zero attached hydrogens (tertiary/aromatic N) is 1. The summed E-state index contributed by atoms with van der Waals surface area (Å²) in [6.45, 7) is 5.76. The van der Waals surface area contributed by atoms with E-state index in [0.717, 1.165) is 16.6 Å². The molecular weight excluding hydrogens is 157 g/mol. The van der Waals surface area contributed by atoms with Crippen molar-refractivity contribution in [2.75, 3.05) is 0 Å². The Hall–Kier alpha value is -1.23. The molecule has 2 radical (unpaired) electrons. The van der Waals surface area contributed by atoms with E-state index in [1.165, 1.54) is 0 Å². The van der Waals surface area contributed by atoms with E-state index in [1.807, 2.05) is 39.0 Å². The standard InChI is InChI=1S/C11H12BN/c1-8-4-9(6-10(12)5-8)11(2,3)7-13/h4-6H,1-3H3. The lowest BCUT2D eigenvalue weighted by molar-refractivity contribution is 0.687. The summed E-state index contributed by atoms with van der Waals surface area (Å²) in [4.78, 5) is 0. The molecule has 0 saturated heterocycles. The van der Waals surface area contributed by atoms with E-state index in [4.69, 9.17) is 13.1 Å². The van der Waals surface area contributed by atoms with E-state index in [9.17, 15) is 0 Å². The lowest BCUT2D eigenvalue weighted by Crippen LogP contribution is -2.17. The lowest BCUT2D eigenvalue weighted by atomic mass is 9.81. The number of nitriles is 1. The summed E-state index contributed by atoms with van der Waals surface area (Å²) in [6.07, 6.45) is 0. The van der Waals surface area contributed by atoms with E-state index in [-0.39, 0.29) is 0 Å². The number of aryl methyl sites for hydroxylation is 1. The summed E-state index contributed by atoms with van der Waals surface area (Å²) in [5, 5.41) is 8.94. The summed E-state index contributed by atoms with van der Waals surface area (Å²) in [7, 11) is 5.70. The molecule has 0 saturated carbocycles. The van der Waals surface area contributed by atoms with Crippen LogP contribution in [0.5, 0.6) is 0 Å². The molecule has 1 aromatic rings. The highest BCUT2D eigenvalue weighted by molar-refractivity contribution is 6.32. The molecule has 2 heteroatoms. The number of hydrogen-bond donors (Lipinski definition) is 0. The van der Waals surface area contributed by atoms with Gasteiger partial charge in [-0.3, -0.25) is 0 Å². The van der Waals surface area contributed by atoms with Crippen LogP contribution in [0, 0.1) is 18.3 Å². The van der Waals surface area contributed by atoms with Crippen LogP contribution in [0.25, 0.3) is 0 Å². The minimum atomic E-state index is -0.458.